The van der Waals surface area contributed by atoms with Crippen LogP contribution in [-0.4, -0.2) is 13.1 Å². The van der Waals surface area contributed by atoms with Crippen LogP contribution in [0.15, 0.2) is 71.9 Å². The summed E-state index contributed by atoms with van der Waals surface area (Å²) in [6.07, 6.45) is 9.10. The number of benzene rings is 1. The van der Waals surface area contributed by atoms with Crippen molar-refractivity contribution in [1.29, 1.82) is 5.26 Å². The summed E-state index contributed by atoms with van der Waals surface area (Å²) in [6, 6.07) is 11.8. The molecule has 0 radical (unpaired) electrons. The maximum atomic E-state index is 11.5. The third-order valence-corrected chi connectivity index (χ3v) is 2.89. The minimum absolute atomic E-state index is 0.00251. The van der Waals surface area contributed by atoms with E-state index < -0.39 is 5.97 Å². The first-order valence-electron chi connectivity index (χ1n) is 6.11. The smallest absolute Gasteiger partial charge is 0.349 e. The minimum Gasteiger partial charge on any atom is -0.465 e. The molecule has 0 saturated heterocycles. The zero-order valence-electron chi connectivity index (χ0n) is 11.0. The molecule has 0 heterocycles. The summed E-state index contributed by atoms with van der Waals surface area (Å²) in [5, 5.41) is 9.06. The maximum absolute atomic E-state index is 11.5. The summed E-state index contributed by atoms with van der Waals surface area (Å²) in [4.78, 5) is 11.5. The monoisotopic (exact) mass is 263 g/mol. The van der Waals surface area contributed by atoms with E-state index in [4.69, 9.17) is 5.26 Å². The van der Waals surface area contributed by atoms with Crippen LogP contribution in [-0.2, 0) is 9.53 Å². The minimum atomic E-state index is -0.625. The number of carbonyl (C=O) groups is 1. The molecular formula is C17H13NO2. The lowest BCUT2D eigenvalue weighted by Gasteiger charge is -2.01. The first-order chi connectivity index (χ1) is 9.76. The van der Waals surface area contributed by atoms with Crippen molar-refractivity contribution >= 4 is 11.5 Å². The van der Waals surface area contributed by atoms with Crippen molar-refractivity contribution in [2.24, 2.45) is 0 Å². The molecule has 0 aliphatic heterocycles. The van der Waals surface area contributed by atoms with E-state index in [9.17, 15) is 4.79 Å². The first-order valence-corrected chi connectivity index (χ1v) is 6.11. The predicted molar refractivity (Wildman–Crippen MR) is 77.4 cm³/mol. The molecule has 0 atom stereocenters. The molecule has 0 aromatic heterocycles. The van der Waals surface area contributed by atoms with Crippen LogP contribution < -0.4 is 0 Å². The van der Waals surface area contributed by atoms with Crippen LogP contribution in [0.4, 0.5) is 0 Å². The second-order valence-electron chi connectivity index (χ2n) is 4.11. The number of hydrogen-bond donors (Lipinski definition) is 0. The van der Waals surface area contributed by atoms with Gasteiger partial charge in [-0.1, -0.05) is 60.7 Å². The maximum Gasteiger partial charge on any atom is 0.349 e. The molecule has 3 heteroatoms. The van der Waals surface area contributed by atoms with Crippen LogP contribution in [0.1, 0.15) is 5.56 Å². The van der Waals surface area contributed by atoms with Gasteiger partial charge in [-0.15, -0.1) is 0 Å². The van der Waals surface area contributed by atoms with Crippen molar-refractivity contribution in [3.05, 3.63) is 77.4 Å². The van der Waals surface area contributed by atoms with Gasteiger partial charge in [0, 0.05) is 0 Å². The van der Waals surface area contributed by atoms with E-state index in [1.54, 1.807) is 12.2 Å². The summed E-state index contributed by atoms with van der Waals surface area (Å²) in [5.41, 5.74) is 2.63. The Bertz CT molecular complexity index is 671. The number of esters is 1. The molecule has 0 spiro atoms. The van der Waals surface area contributed by atoms with Crippen molar-refractivity contribution < 1.29 is 9.53 Å². The van der Waals surface area contributed by atoms with Crippen LogP contribution in [0.25, 0.3) is 5.57 Å². The molecule has 1 aromatic rings. The summed E-state index contributed by atoms with van der Waals surface area (Å²) >= 11 is 0. The fourth-order valence-electron chi connectivity index (χ4n) is 1.87. The zero-order valence-corrected chi connectivity index (χ0v) is 11.0. The normalized spacial score (nSPS) is 15.9. The van der Waals surface area contributed by atoms with E-state index in [1.807, 2.05) is 54.6 Å². The lowest BCUT2D eigenvalue weighted by atomic mass is 10.0. The van der Waals surface area contributed by atoms with Crippen molar-refractivity contribution in [2.75, 3.05) is 7.11 Å². The average molecular weight is 263 g/mol. The van der Waals surface area contributed by atoms with Gasteiger partial charge >= 0.3 is 5.97 Å². The zero-order chi connectivity index (χ0) is 14.4. The van der Waals surface area contributed by atoms with Crippen LogP contribution >= 0.6 is 0 Å². The number of carbonyl (C=O) groups excluding carboxylic acids is 1. The van der Waals surface area contributed by atoms with E-state index in [2.05, 4.69) is 4.74 Å². The van der Waals surface area contributed by atoms with Crippen molar-refractivity contribution in [1.82, 2.24) is 0 Å². The van der Waals surface area contributed by atoms with E-state index >= 15 is 0 Å². The van der Waals surface area contributed by atoms with Crippen molar-refractivity contribution in [3.8, 4) is 6.07 Å². The molecule has 1 aliphatic rings. The lowest BCUT2D eigenvalue weighted by molar-refractivity contribution is -0.135. The molecule has 0 fully saturated rings. The Morgan fingerprint density at radius 2 is 1.90 bits per heavy atom. The molecule has 0 bridgehead atoms. The van der Waals surface area contributed by atoms with Gasteiger partial charge in [-0.25, -0.2) is 4.79 Å². The second kappa shape index (κ2) is 6.35. The summed E-state index contributed by atoms with van der Waals surface area (Å²) in [5.74, 6) is -0.625. The SMILES string of the molecule is COC(=O)/C(C#N)=C1/C=CC=C(c2ccccc2)C=C1. The molecule has 1 aliphatic carbocycles. The van der Waals surface area contributed by atoms with E-state index in [0.29, 0.717) is 5.57 Å². The van der Waals surface area contributed by atoms with Crippen LogP contribution in [0, 0.1) is 11.3 Å². The average Bonchev–Trinajstić information content (AvgIpc) is 2.75. The highest BCUT2D eigenvalue weighted by atomic mass is 16.5. The standard InChI is InChI=1S/C17H13NO2/c1-20-17(19)16(12-18)15-9-5-8-14(10-11-15)13-6-3-2-4-7-13/h2-11H,1H3/b16-15-. The highest BCUT2D eigenvalue weighted by Crippen LogP contribution is 2.21. The largest absolute Gasteiger partial charge is 0.465 e. The van der Waals surface area contributed by atoms with Crippen molar-refractivity contribution in [3.63, 3.8) is 0 Å². The van der Waals surface area contributed by atoms with Crippen molar-refractivity contribution in [2.45, 2.75) is 0 Å². The molecule has 98 valence electrons. The molecule has 3 nitrogen and oxygen atoms in total. The van der Waals surface area contributed by atoms with E-state index in [-0.39, 0.29) is 5.57 Å². The van der Waals surface area contributed by atoms with Crippen LogP contribution in [0.2, 0.25) is 0 Å². The van der Waals surface area contributed by atoms with Gasteiger partial charge < -0.3 is 4.74 Å². The first kappa shape index (κ1) is 13.6. The number of methoxy groups -OCH3 is 1. The lowest BCUT2D eigenvalue weighted by Crippen LogP contribution is -2.04. The van der Waals surface area contributed by atoms with Crippen LogP contribution in [0.3, 0.4) is 0 Å². The Morgan fingerprint density at radius 3 is 2.55 bits per heavy atom. The van der Waals surface area contributed by atoms with Gasteiger partial charge in [0.2, 0.25) is 0 Å². The quantitative estimate of drug-likeness (QED) is 0.468. The number of nitriles is 1. The van der Waals surface area contributed by atoms with Gasteiger partial charge in [0.25, 0.3) is 0 Å². The van der Waals surface area contributed by atoms with Gasteiger partial charge in [0.15, 0.2) is 0 Å². The molecule has 1 aromatic carbocycles. The van der Waals surface area contributed by atoms with Gasteiger partial charge in [-0.3, -0.25) is 0 Å². The fraction of sp³-hybridized carbons (Fsp3) is 0.0588. The predicted octanol–water partition coefficient (Wildman–Crippen LogP) is 3.19. The third-order valence-electron chi connectivity index (χ3n) is 2.89. The molecule has 0 saturated carbocycles. The summed E-state index contributed by atoms with van der Waals surface area (Å²) in [6.45, 7) is 0. The Hall–Kier alpha value is -2.86. The molecule has 20 heavy (non-hydrogen) atoms. The Kier molecular flexibility index (Phi) is 4.31. The van der Waals surface area contributed by atoms with E-state index in [1.165, 1.54) is 7.11 Å². The molecule has 0 amide bonds. The molecule has 2 rings (SSSR count). The van der Waals surface area contributed by atoms with Gasteiger partial charge in [0.05, 0.1) is 7.11 Å². The Morgan fingerprint density at radius 1 is 1.15 bits per heavy atom. The van der Waals surface area contributed by atoms with Gasteiger partial charge in [-0.2, -0.15) is 5.26 Å². The van der Waals surface area contributed by atoms with Gasteiger partial charge in [-0.05, 0) is 16.7 Å². The van der Waals surface area contributed by atoms with Gasteiger partial charge in [0.1, 0.15) is 11.6 Å². The van der Waals surface area contributed by atoms with E-state index in [0.717, 1.165) is 11.1 Å². The number of hydrogen-bond acceptors (Lipinski definition) is 3. The van der Waals surface area contributed by atoms with Crippen LogP contribution in [0.5, 0.6) is 0 Å². The summed E-state index contributed by atoms with van der Waals surface area (Å²) in [7, 11) is 1.26. The number of rotatable bonds is 2. The second-order valence-corrected chi connectivity index (χ2v) is 4.11. The summed E-state index contributed by atoms with van der Waals surface area (Å²) < 4.78 is 4.60. The topological polar surface area (TPSA) is 50.1 Å². The fourth-order valence-corrected chi connectivity index (χ4v) is 1.87. The third kappa shape index (κ3) is 2.93. The Labute approximate surface area is 117 Å². The Balaban J connectivity index is 2.38. The number of allylic oxidation sites excluding steroid dienone is 7. The molecule has 0 N–H and O–H groups in total. The highest BCUT2D eigenvalue weighted by Gasteiger charge is 2.13. The molecular weight excluding hydrogens is 250 g/mol. The number of ether oxygens (including phenoxy) is 1. The number of nitrogens with zero attached hydrogens (tertiary/aromatic N) is 1. The highest BCUT2D eigenvalue weighted by molar-refractivity contribution is 5.95. The molecule has 0 unspecified atom stereocenters.